The second-order valence-electron chi connectivity index (χ2n) is 1.93. The lowest BCUT2D eigenvalue weighted by Crippen LogP contribution is -2.43. The summed E-state index contributed by atoms with van der Waals surface area (Å²) < 4.78 is 58.6. The van der Waals surface area contributed by atoms with E-state index in [1.54, 1.807) is 0 Å². The Morgan fingerprint density at radius 1 is 1.18 bits per heavy atom. The third kappa shape index (κ3) is 2.40. The van der Waals surface area contributed by atoms with Crippen molar-refractivity contribution in [2.75, 3.05) is 6.67 Å². The van der Waals surface area contributed by atoms with Crippen molar-refractivity contribution < 1.29 is 26.7 Å². The number of halogens is 5. The number of hydrogen-bond acceptors (Lipinski definition) is 1. The molecule has 11 heavy (non-hydrogen) atoms. The Labute approximate surface area is 62.2 Å². The molecule has 7 heteroatoms. The summed E-state index contributed by atoms with van der Waals surface area (Å²) in [6.45, 7) is -2.15. The second kappa shape index (κ2) is 3.48. The van der Waals surface area contributed by atoms with Crippen LogP contribution in [-0.4, -0.2) is 33.1 Å². The zero-order chi connectivity index (χ0) is 9.12. The zero-order valence-electron chi connectivity index (χ0n) is 5.25. The van der Waals surface area contributed by atoms with Crippen LogP contribution in [0.25, 0.3) is 0 Å². The summed E-state index contributed by atoms with van der Waals surface area (Å²) in [6.07, 6.45) is -5.24. The maximum absolute atomic E-state index is 12.4. The van der Waals surface area contributed by atoms with E-state index in [1.165, 1.54) is 0 Å². The molecule has 0 aliphatic heterocycles. The van der Waals surface area contributed by atoms with Crippen molar-refractivity contribution in [1.29, 1.82) is 0 Å². The van der Waals surface area contributed by atoms with Gasteiger partial charge >= 0.3 is 6.18 Å². The summed E-state index contributed by atoms with van der Waals surface area (Å²) in [7, 11) is -1.25. The van der Waals surface area contributed by atoms with Gasteiger partial charge in [-0.1, -0.05) is 0 Å². The molecule has 0 aromatic rings. The van der Waals surface area contributed by atoms with E-state index in [0.29, 0.717) is 0 Å². The summed E-state index contributed by atoms with van der Waals surface area (Å²) in [6, 6.07) is -1.23. The fraction of sp³-hybridized carbons (Fsp3) is 1.00. The van der Waals surface area contributed by atoms with Crippen LogP contribution >= 0.6 is 0 Å². The quantitative estimate of drug-likeness (QED) is 0.527. The van der Waals surface area contributed by atoms with Crippen molar-refractivity contribution in [3.8, 4) is 0 Å². The van der Waals surface area contributed by atoms with Gasteiger partial charge in [0.25, 0.3) is 0 Å². The van der Waals surface area contributed by atoms with Crippen molar-refractivity contribution in [1.82, 2.24) is 0 Å². The minimum Gasteiger partial charge on any atom is -0.432 e. The number of rotatable bonds is 3. The molecule has 66 valence electrons. The zero-order valence-corrected chi connectivity index (χ0v) is 6.25. The Morgan fingerprint density at radius 2 is 1.64 bits per heavy atom. The van der Waals surface area contributed by atoms with E-state index in [9.17, 15) is 22.0 Å². The Morgan fingerprint density at radius 3 is 1.73 bits per heavy atom. The van der Waals surface area contributed by atoms with E-state index in [4.69, 9.17) is 4.80 Å². The molecule has 0 saturated carbocycles. The predicted octanol–water partition coefficient (Wildman–Crippen LogP) is 1.26. The van der Waals surface area contributed by atoms with Crippen LogP contribution in [0.5, 0.6) is 0 Å². The normalized spacial score (nSPS) is 18.0. The van der Waals surface area contributed by atoms with Crippen molar-refractivity contribution in [3.05, 3.63) is 0 Å². The van der Waals surface area contributed by atoms with Gasteiger partial charge in [0.15, 0.2) is 0 Å². The fourth-order valence-corrected chi connectivity index (χ4v) is 0.894. The smallest absolute Gasteiger partial charge is 0.424 e. The van der Waals surface area contributed by atoms with Crippen LogP contribution in [0, 0.1) is 0 Å². The summed E-state index contributed by atoms with van der Waals surface area (Å²) >= 11 is 0. The second-order valence-corrected chi connectivity index (χ2v) is 2.60. The Hall–Kier alpha value is -0.173. The van der Waals surface area contributed by atoms with Gasteiger partial charge in [-0.05, 0) is 0 Å². The van der Waals surface area contributed by atoms with Crippen molar-refractivity contribution in [2.24, 2.45) is 0 Å². The first-order chi connectivity index (χ1) is 4.87. The van der Waals surface area contributed by atoms with Gasteiger partial charge in [0.2, 0.25) is 15.4 Å². The Kier molecular flexibility index (Phi) is 3.43. The third-order valence-corrected chi connectivity index (χ3v) is 1.80. The molecular formula is C4H5F5OSi. The van der Waals surface area contributed by atoms with E-state index in [-0.39, 0.29) is 0 Å². The molecule has 0 saturated heterocycles. The van der Waals surface area contributed by atoms with Crippen LogP contribution in [0.3, 0.4) is 0 Å². The highest BCUT2D eigenvalue weighted by Crippen LogP contribution is 2.37. The minimum atomic E-state index is -5.24. The van der Waals surface area contributed by atoms with Gasteiger partial charge in [0.1, 0.15) is 6.67 Å². The van der Waals surface area contributed by atoms with Crippen molar-refractivity contribution in [2.45, 2.75) is 17.9 Å². The van der Waals surface area contributed by atoms with Gasteiger partial charge in [0.05, 0.1) is 0 Å². The molecule has 0 spiro atoms. The summed E-state index contributed by atoms with van der Waals surface area (Å²) in [5.41, 5.74) is -3.87. The van der Waals surface area contributed by atoms with Gasteiger partial charge in [-0.3, -0.25) is 0 Å². The molecule has 1 N–H and O–H groups in total. The fourth-order valence-electron chi connectivity index (χ4n) is 0.349. The molecule has 0 rings (SSSR count). The molecule has 1 unspecified atom stereocenters. The molecule has 1 nitrogen and oxygen atoms in total. The third-order valence-electron chi connectivity index (χ3n) is 1.08. The van der Waals surface area contributed by atoms with Gasteiger partial charge in [-0.15, -0.1) is 0 Å². The summed E-state index contributed by atoms with van der Waals surface area (Å²) in [5.74, 6) is 0. The highest BCUT2D eigenvalue weighted by Gasteiger charge is 2.55. The lowest BCUT2D eigenvalue weighted by molar-refractivity contribution is -0.227. The highest BCUT2D eigenvalue weighted by atomic mass is 28.2. The van der Waals surface area contributed by atoms with E-state index in [1.807, 2.05) is 0 Å². The standard InChI is InChI=1S/C4H5F5OSi/c5-1-3(6,2-11-10)4(7,8)9/h10H,1-2H2. The summed E-state index contributed by atoms with van der Waals surface area (Å²) in [4.78, 5) is 8.02. The maximum atomic E-state index is 12.4. The van der Waals surface area contributed by atoms with Gasteiger partial charge in [-0.2, -0.15) is 13.2 Å². The molecule has 0 amide bonds. The number of hydrogen-bond donors (Lipinski definition) is 1. The average Bonchev–Trinajstić information content (AvgIpc) is 1.86. The Balaban J connectivity index is 4.33. The summed E-state index contributed by atoms with van der Waals surface area (Å²) in [5, 5.41) is 0. The largest absolute Gasteiger partial charge is 0.432 e. The molecule has 0 aliphatic rings. The molecule has 0 aromatic carbocycles. The van der Waals surface area contributed by atoms with Crippen LogP contribution in [0.2, 0.25) is 6.04 Å². The van der Waals surface area contributed by atoms with Crippen LogP contribution in [0.1, 0.15) is 0 Å². The minimum absolute atomic E-state index is 1.23. The van der Waals surface area contributed by atoms with Gasteiger partial charge in [-0.25, -0.2) is 8.78 Å². The lowest BCUT2D eigenvalue weighted by atomic mass is 10.1. The van der Waals surface area contributed by atoms with Crippen LogP contribution in [-0.2, 0) is 0 Å². The molecule has 2 radical (unpaired) electrons. The Bertz CT molecular complexity index is 126. The molecule has 0 aromatic heterocycles. The first-order valence-electron chi connectivity index (χ1n) is 2.56. The monoisotopic (exact) mass is 192 g/mol. The average molecular weight is 192 g/mol. The molecular weight excluding hydrogens is 187 g/mol. The SMILES string of the molecule is O[Si]CC(F)(CF)C(F)(F)F. The predicted molar refractivity (Wildman–Crippen MR) is 28.6 cm³/mol. The first-order valence-corrected chi connectivity index (χ1v) is 3.71. The van der Waals surface area contributed by atoms with E-state index < -0.39 is 34.3 Å². The first kappa shape index (κ1) is 10.8. The van der Waals surface area contributed by atoms with Crippen molar-refractivity contribution >= 4 is 9.76 Å². The van der Waals surface area contributed by atoms with Crippen LogP contribution in [0.4, 0.5) is 22.0 Å². The molecule has 1 atom stereocenters. The van der Waals surface area contributed by atoms with Crippen LogP contribution in [0.15, 0.2) is 0 Å². The van der Waals surface area contributed by atoms with E-state index in [2.05, 4.69) is 0 Å². The molecule has 0 bridgehead atoms. The van der Waals surface area contributed by atoms with Crippen LogP contribution < -0.4 is 0 Å². The molecule has 0 aliphatic carbocycles. The van der Waals surface area contributed by atoms with Gasteiger partial charge < -0.3 is 4.80 Å². The highest BCUT2D eigenvalue weighted by molar-refractivity contribution is 6.25. The molecule has 0 fully saturated rings. The van der Waals surface area contributed by atoms with Gasteiger partial charge in [0, 0.05) is 6.04 Å². The van der Waals surface area contributed by atoms with E-state index >= 15 is 0 Å². The number of alkyl halides is 5. The molecule has 0 heterocycles. The topological polar surface area (TPSA) is 20.2 Å². The lowest BCUT2D eigenvalue weighted by Gasteiger charge is -2.23. The van der Waals surface area contributed by atoms with E-state index in [0.717, 1.165) is 0 Å². The maximum Gasteiger partial charge on any atom is 0.424 e. The van der Waals surface area contributed by atoms with Crippen molar-refractivity contribution in [3.63, 3.8) is 0 Å².